The van der Waals surface area contributed by atoms with Crippen LogP contribution >= 0.6 is 11.6 Å². The lowest BCUT2D eigenvalue weighted by atomic mass is 10.1. The van der Waals surface area contributed by atoms with Crippen LogP contribution in [0.25, 0.3) is 0 Å². The Balaban J connectivity index is 2.17. The number of nitrogens with one attached hydrogen (secondary N) is 2. The summed E-state index contributed by atoms with van der Waals surface area (Å²) in [4.78, 5) is 3.91. The van der Waals surface area contributed by atoms with Gasteiger partial charge < -0.3 is 4.90 Å². The Hall–Kier alpha value is -2.33. The number of amidine groups is 2. The maximum atomic E-state index is 8.48. The lowest BCUT2D eigenvalue weighted by Crippen LogP contribution is -2.38. The molecule has 0 aromatic heterocycles. The first-order chi connectivity index (χ1) is 11.0. The molecule has 0 spiro atoms. The first-order valence-electron chi connectivity index (χ1n) is 7.55. The van der Waals surface area contributed by atoms with Crippen molar-refractivity contribution in [2.24, 2.45) is 5.92 Å². The predicted octanol–water partition coefficient (Wildman–Crippen LogP) is 4.91. The second kappa shape index (κ2) is 6.05. The smallest absolute Gasteiger partial charge is 0.111 e. The first-order valence-corrected chi connectivity index (χ1v) is 7.92. The number of halogens is 1. The van der Waals surface area contributed by atoms with E-state index in [-0.39, 0.29) is 5.92 Å². The van der Waals surface area contributed by atoms with Gasteiger partial charge in [0.25, 0.3) is 0 Å². The number of fused-ring (bicyclic) bond motifs is 1. The summed E-state index contributed by atoms with van der Waals surface area (Å²) in [5, 5.41) is 17.3. The van der Waals surface area contributed by atoms with Crippen LogP contribution in [0, 0.1) is 16.7 Å². The third-order valence-electron chi connectivity index (χ3n) is 4.05. The van der Waals surface area contributed by atoms with Crippen LogP contribution in [0.1, 0.15) is 13.8 Å². The van der Waals surface area contributed by atoms with Gasteiger partial charge in [0.1, 0.15) is 11.7 Å². The molecule has 0 radical (unpaired) electrons. The van der Waals surface area contributed by atoms with Gasteiger partial charge in [-0.3, -0.25) is 15.7 Å². The molecule has 0 amide bonds. The summed E-state index contributed by atoms with van der Waals surface area (Å²) < 4.78 is 0. The molecule has 1 aliphatic rings. The van der Waals surface area contributed by atoms with Crippen molar-refractivity contribution in [1.82, 2.24) is 0 Å². The number of hydrogen-bond donors (Lipinski definition) is 2. The standard InChI is InChI=1S/C18H19ClN4/c1-12-11-22(15-9-7-14(19)8-10-15)16-5-3-4-6-17(16)23(13(2)20)18(12)21/h3-10,12,20-21H,11H2,1-2H3. The van der Waals surface area contributed by atoms with E-state index in [0.717, 1.165) is 17.1 Å². The monoisotopic (exact) mass is 326 g/mol. The van der Waals surface area contributed by atoms with Gasteiger partial charge >= 0.3 is 0 Å². The van der Waals surface area contributed by atoms with E-state index in [1.54, 1.807) is 11.8 Å². The normalized spacial score (nSPS) is 17.7. The molecule has 1 heterocycles. The van der Waals surface area contributed by atoms with Crippen molar-refractivity contribution in [3.63, 3.8) is 0 Å². The maximum Gasteiger partial charge on any atom is 0.111 e. The van der Waals surface area contributed by atoms with Crippen LogP contribution in [0.15, 0.2) is 48.5 Å². The maximum absolute atomic E-state index is 8.48. The lowest BCUT2D eigenvalue weighted by molar-refractivity contribution is 0.757. The number of rotatable bonds is 1. The molecule has 0 saturated carbocycles. The van der Waals surface area contributed by atoms with E-state index < -0.39 is 0 Å². The minimum absolute atomic E-state index is 0.00150. The summed E-state index contributed by atoms with van der Waals surface area (Å²) in [6.07, 6.45) is 0. The Morgan fingerprint density at radius 1 is 1.09 bits per heavy atom. The molecule has 2 aromatic carbocycles. The van der Waals surface area contributed by atoms with Crippen LogP contribution < -0.4 is 9.80 Å². The summed E-state index contributed by atoms with van der Waals surface area (Å²) in [6.45, 7) is 4.42. The third kappa shape index (κ3) is 2.82. The average Bonchev–Trinajstić information content (AvgIpc) is 2.64. The molecular weight excluding hydrogens is 308 g/mol. The molecule has 23 heavy (non-hydrogen) atoms. The lowest BCUT2D eigenvalue weighted by Gasteiger charge is -2.26. The zero-order valence-corrected chi connectivity index (χ0v) is 13.9. The number of anilines is 3. The fraction of sp³-hybridized carbons (Fsp3) is 0.222. The molecule has 1 unspecified atom stereocenters. The quantitative estimate of drug-likeness (QED) is 0.578. The minimum Gasteiger partial charge on any atom is -0.339 e. The molecule has 0 aliphatic carbocycles. The summed E-state index contributed by atoms with van der Waals surface area (Å²) in [5.41, 5.74) is 2.89. The van der Waals surface area contributed by atoms with Crippen molar-refractivity contribution < 1.29 is 0 Å². The molecule has 4 nitrogen and oxygen atoms in total. The molecule has 1 aliphatic heterocycles. The summed E-state index contributed by atoms with van der Waals surface area (Å²) in [7, 11) is 0. The number of benzene rings is 2. The van der Waals surface area contributed by atoms with Crippen LogP contribution in [-0.2, 0) is 0 Å². The SMILES string of the molecule is CC(=N)N1C(=N)C(C)CN(c2ccc(Cl)cc2)c2ccccc21. The van der Waals surface area contributed by atoms with Gasteiger partial charge in [0.2, 0.25) is 0 Å². The van der Waals surface area contributed by atoms with E-state index in [1.165, 1.54) is 0 Å². The van der Waals surface area contributed by atoms with Gasteiger partial charge in [-0.1, -0.05) is 30.7 Å². The summed E-state index contributed by atoms with van der Waals surface area (Å²) in [5.74, 6) is 0.798. The summed E-state index contributed by atoms with van der Waals surface area (Å²) in [6, 6.07) is 15.6. The molecule has 2 N–H and O–H groups in total. The highest BCUT2D eigenvalue weighted by Gasteiger charge is 2.30. The molecule has 2 aromatic rings. The van der Waals surface area contributed by atoms with E-state index in [9.17, 15) is 0 Å². The van der Waals surface area contributed by atoms with Crippen LogP contribution in [0.5, 0.6) is 0 Å². The van der Waals surface area contributed by atoms with E-state index in [0.29, 0.717) is 23.2 Å². The largest absolute Gasteiger partial charge is 0.339 e. The molecule has 3 rings (SSSR count). The molecule has 1 atom stereocenters. The van der Waals surface area contributed by atoms with Gasteiger partial charge in [-0.05, 0) is 43.3 Å². The summed E-state index contributed by atoms with van der Waals surface area (Å²) >= 11 is 6.01. The zero-order chi connectivity index (χ0) is 16.6. The van der Waals surface area contributed by atoms with Gasteiger partial charge in [-0.15, -0.1) is 0 Å². The highest BCUT2D eigenvalue weighted by molar-refractivity contribution is 6.30. The van der Waals surface area contributed by atoms with Crippen molar-refractivity contribution in [3.8, 4) is 0 Å². The molecule has 5 heteroatoms. The topological polar surface area (TPSA) is 54.2 Å². The van der Waals surface area contributed by atoms with Crippen LogP contribution in [0.3, 0.4) is 0 Å². The minimum atomic E-state index is -0.00150. The Kier molecular flexibility index (Phi) is 4.09. The predicted molar refractivity (Wildman–Crippen MR) is 97.7 cm³/mol. The third-order valence-corrected chi connectivity index (χ3v) is 4.30. The average molecular weight is 327 g/mol. The molecule has 118 valence electrons. The molecule has 0 bridgehead atoms. The molecule has 0 saturated heterocycles. The molecule has 0 fully saturated rings. The van der Waals surface area contributed by atoms with Gasteiger partial charge in [0, 0.05) is 23.2 Å². The number of hydrogen-bond acceptors (Lipinski definition) is 3. The fourth-order valence-electron chi connectivity index (χ4n) is 2.92. The van der Waals surface area contributed by atoms with Crippen molar-refractivity contribution in [2.75, 3.05) is 16.3 Å². The van der Waals surface area contributed by atoms with Gasteiger partial charge in [0.05, 0.1) is 11.4 Å². The Bertz CT molecular complexity index is 754. The second-order valence-corrected chi connectivity index (χ2v) is 6.22. The van der Waals surface area contributed by atoms with E-state index in [2.05, 4.69) is 4.90 Å². The number of para-hydroxylation sites is 2. The van der Waals surface area contributed by atoms with Crippen LogP contribution in [-0.4, -0.2) is 18.2 Å². The second-order valence-electron chi connectivity index (χ2n) is 5.78. The van der Waals surface area contributed by atoms with Gasteiger partial charge in [-0.25, -0.2) is 0 Å². The highest BCUT2D eigenvalue weighted by Crippen LogP contribution is 2.38. The van der Waals surface area contributed by atoms with Crippen molar-refractivity contribution >= 4 is 40.3 Å². The van der Waals surface area contributed by atoms with Crippen LogP contribution in [0.2, 0.25) is 5.02 Å². The molecular formula is C18H19ClN4. The zero-order valence-electron chi connectivity index (χ0n) is 13.2. The Labute approximate surface area is 141 Å². The van der Waals surface area contributed by atoms with Crippen molar-refractivity contribution in [2.45, 2.75) is 13.8 Å². The Morgan fingerprint density at radius 3 is 2.30 bits per heavy atom. The first kappa shape index (κ1) is 15.6. The van der Waals surface area contributed by atoms with E-state index in [4.69, 9.17) is 22.4 Å². The van der Waals surface area contributed by atoms with E-state index in [1.807, 2.05) is 55.5 Å². The van der Waals surface area contributed by atoms with Gasteiger partial charge in [-0.2, -0.15) is 0 Å². The van der Waals surface area contributed by atoms with Crippen LogP contribution in [0.4, 0.5) is 17.1 Å². The fourth-order valence-corrected chi connectivity index (χ4v) is 3.04. The van der Waals surface area contributed by atoms with Crippen molar-refractivity contribution in [1.29, 1.82) is 10.8 Å². The van der Waals surface area contributed by atoms with E-state index >= 15 is 0 Å². The highest BCUT2D eigenvalue weighted by atomic mass is 35.5. The van der Waals surface area contributed by atoms with Crippen molar-refractivity contribution in [3.05, 3.63) is 53.6 Å². The van der Waals surface area contributed by atoms with Gasteiger partial charge in [0.15, 0.2) is 0 Å². The number of nitrogens with zero attached hydrogens (tertiary/aromatic N) is 2. The Morgan fingerprint density at radius 2 is 1.70 bits per heavy atom.